The van der Waals surface area contributed by atoms with Gasteiger partial charge in [-0.25, -0.2) is 0 Å². The molecule has 0 spiro atoms. The molecule has 0 unspecified atom stereocenters. The van der Waals surface area contributed by atoms with Crippen molar-refractivity contribution in [3.63, 3.8) is 0 Å². The Bertz CT molecular complexity index is 208. The van der Waals surface area contributed by atoms with E-state index >= 15 is 0 Å². The number of unbranched alkanes of at least 4 members (excludes halogenated alkanes) is 1. The summed E-state index contributed by atoms with van der Waals surface area (Å²) >= 11 is 0. The molecule has 0 saturated carbocycles. The van der Waals surface area contributed by atoms with Crippen molar-refractivity contribution in [2.75, 3.05) is 0 Å². The lowest BCUT2D eigenvalue weighted by molar-refractivity contribution is -0.154. The van der Waals surface area contributed by atoms with E-state index in [-0.39, 0.29) is 19.3 Å². The highest BCUT2D eigenvalue weighted by Crippen LogP contribution is 2.19. The average Bonchev–Trinajstić information content (AvgIpc) is 1.92. The van der Waals surface area contributed by atoms with Gasteiger partial charge < -0.3 is 17.7 Å². The van der Waals surface area contributed by atoms with Gasteiger partial charge in [0.25, 0.3) is 0 Å². The van der Waals surface area contributed by atoms with Gasteiger partial charge in [0.15, 0.2) is 0 Å². The molecule has 0 rings (SSSR count). The Morgan fingerprint density at radius 2 is 1.73 bits per heavy atom. The van der Waals surface area contributed by atoms with Crippen LogP contribution in [0.25, 0.3) is 0 Å². The number of carbonyl (C=O) groups is 1. The van der Waals surface area contributed by atoms with Crippen LogP contribution in [0, 0.1) is 0 Å². The molecule has 0 aromatic rings. The van der Waals surface area contributed by atoms with Crippen molar-refractivity contribution in [3.8, 4) is 0 Å². The largest absolute Gasteiger partial charge is 0.478 e. The maximum Gasteiger partial charge on any atom is 0.478 e. The Morgan fingerprint density at radius 1 is 1.20 bits per heavy atom. The van der Waals surface area contributed by atoms with Crippen LogP contribution in [0.4, 0.5) is 12.9 Å². The molecule has 0 aromatic carbocycles. The Labute approximate surface area is 88.2 Å². The van der Waals surface area contributed by atoms with Gasteiger partial charge in [-0.2, -0.15) is 0 Å². The van der Waals surface area contributed by atoms with E-state index < -0.39 is 24.9 Å². The van der Waals surface area contributed by atoms with Crippen LogP contribution in [0.15, 0.2) is 0 Å². The molecule has 2 nitrogen and oxygen atoms in total. The molecule has 0 aliphatic heterocycles. The third kappa shape index (κ3) is 11.3. The number of hydrogen-bond acceptors (Lipinski definition) is 2. The van der Waals surface area contributed by atoms with Gasteiger partial charge in [0, 0.05) is 6.42 Å². The van der Waals surface area contributed by atoms with Gasteiger partial charge in [-0.1, -0.05) is 12.7 Å². The van der Waals surface area contributed by atoms with Crippen molar-refractivity contribution in [2.24, 2.45) is 0 Å². The van der Waals surface area contributed by atoms with E-state index in [1.807, 2.05) is 0 Å². The van der Waals surface area contributed by atoms with E-state index in [2.05, 4.69) is 0 Å². The first-order valence-corrected chi connectivity index (χ1v) is 5.03. The third-order valence-corrected chi connectivity index (χ3v) is 1.58. The molecule has 6 heteroatoms. The molecule has 0 aliphatic rings. The molecular formula is C9H17BF3O2-. The lowest BCUT2D eigenvalue weighted by Gasteiger charge is -2.19. The lowest BCUT2D eigenvalue weighted by atomic mass is 9.83. The Kier molecular flexibility index (Phi) is 5.18. The molecule has 0 radical (unpaired) electrons. The van der Waals surface area contributed by atoms with E-state index in [4.69, 9.17) is 4.74 Å². The Balaban J connectivity index is 3.57. The maximum absolute atomic E-state index is 11.8. The normalized spacial score (nSPS) is 12.7. The number of rotatable bonds is 5. The summed E-state index contributed by atoms with van der Waals surface area (Å²) in [6.07, 6.45) is -0.481. The molecule has 0 saturated heterocycles. The molecule has 0 bridgehead atoms. The predicted molar refractivity (Wildman–Crippen MR) is 53.6 cm³/mol. The highest BCUT2D eigenvalue weighted by molar-refractivity contribution is 6.58. The molecule has 0 fully saturated rings. The highest BCUT2D eigenvalue weighted by Gasteiger charge is 2.22. The van der Waals surface area contributed by atoms with E-state index in [1.165, 1.54) is 0 Å². The first kappa shape index (κ1) is 14.3. The topological polar surface area (TPSA) is 26.3 Å². The molecular weight excluding hydrogens is 208 g/mol. The minimum Gasteiger partial charge on any atom is -0.460 e. The van der Waals surface area contributed by atoms with E-state index in [1.54, 1.807) is 20.8 Å². The van der Waals surface area contributed by atoms with Gasteiger partial charge in [-0.15, -0.1) is 0 Å². The summed E-state index contributed by atoms with van der Waals surface area (Å²) in [7, 11) is 0. The minimum absolute atomic E-state index is 0.00272. The summed E-state index contributed by atoms with van der Waals surface area (Å²) in [6.45, 7) is 0.463. The average molecular weight is 225 g/mol. The molecule has 90 valence electrons. The van der Waals surface area contributed by atoms with Crippen molar-refractivity contribution in [1.29, 1.82) is 0 Å². The maximum atomic E-state index is 11.8. The number of halogens is 3. The zero-order valence-electron chi connectivity index (χ0n) is 9.36. The Morgan fingerprint density at radius 3 is 2.13 bits per heavy atom. The quantitative estimate of drug-likeness (QED) is 0.407. The summed E-state index contributed by atoms with van der Waals surface area (Å²) in [5, 5.41) is 0. The smallest absolute Gasteiger partial charge is 0.460 e. The van der Waals surface area contributed by atoms with E-state index in [9.17, 15) is 17.7 Å². The minimum atomic E-state index is -4.71. The molecule has 0 heterocycles. The van der Waals surface area contributed by atoms with Gasteiger partial charge in [0.2, 0.25) is 0 Å². The highest BCUT2D eigenvalue weighted by atomic mass is 19.4. The summed E-state index contributed by atoms with van der Waals surface area (Å²) < 4.78 is 40.3. The molecule has 0 N–H and O–H groups in total. The predicted octanol–water partition coefficient (Wildman–Crippen LogP) is 3.35. The number of ether oxygens (including phenoxy) is 1. The van der Waals surface area contributed by atoms with Crippen LogP contribution in [-0.2, 0) is 9.53 Å². The molecule has 0 atom stereocenters. The number of esters is 1. The summed E-state index contributed by atoms with van der Waals surface area (Å²) in [4.78, 5) is 11.1. The van der Waals surface area contributed by atoms with Gasteiger partial charge in [0.05, 0.1) is 0 Å². The van der Waals surface area contributed by atoms with Gasteiger partial charge in [-0.3, -0.25) is 4.79 Å². The second-order valence-electron chi connectivity index (χ2n) is 4.54. The van der Waals surface area contributed by atoms with Gasteiger partial charge >= 0.3 is 12.9 Å². The lowest BCUT2D eigenvalue weighted by Crippen LogP contribution is -2.23. The van der Waals surface area contributed by atoms with E-state index in [0.717, 1.165) is 0 Å². The van der Waals surface area contributed by atoms with E-state index in [0.29, 0.717) is 0 Å². The summed E-state index contributed by atoms with van der Waals surface area (Å²) in [5.74, 6) is -0.433. The number of carbonyl (C=O) groups excluding carboxylic acids is 1. The van der Waals surface area contributed by atoms with Crippen LogP contribution >= 0.6 is 0 Å². The fourth-order valence-corrected chi connectivity index (χ4v) is 1.04. The van der Waals surface area contributed by atoms with Crippen LogP contribution in [0.5, 0.6) is 0 Å². The standard InChI is InChI=1S/C9H17BF3O2/c1-9(2,3)15-8(14)6-4-5-7-10(11,12)13/h4-7H2,1-3H3/q-1. The van der Waals surface area contributed by atoms with Crippen LogP contribution in [-0.4, -0.2) is 18.5 Å². The summed E-state index contributed by atoms with van der Waals surface area (Å²) in [6, 6.07) is 0. The van der Waals surface area contributed by atoms with Crippen molar-refractivity contribution in [3.05, 3.63) is 0 Å². The van der Waals surface area contributed by atoms with Crippen LogP contribution in [0.3, 0.4) is 0 Å². The summed E-state index contributed by atoms with van der Waals surface area (Å²) in [5.41, 5.74) is -0.564. The van der Waals surface area contributed by atoms with Crippen molar-refractivity contribution in [1.82, 2.24) is 0 Å². The van der Waals surface area contributed by atoms with Gasteiger partial charge in [-0.05, 0) is 27.2 Å². The zero-order valence-corrected chi connectivity index (χ0v) is 9.36. The molecule has 15 heavy (non-hydrogen) atoms. The zero-order chi connectivity index (χ0) is 12.1. The monoisotopic (exact) mass is 225 g/mol. The second-order valence-corrected chi connectivity index (χ2v) is 4.54. The Hall–Kier alpha value is -0.675. The molecule has 0 amide bonds. The van der Waals surface area contributed by atoms with Crippen LogP contribution in [0.1, 0.15) is 40.0 Å². The fraction of sp³-hybridized carbons (Fsp3) is 0.889. The second kappa shape index (κ2) is 5.42. The fourth-order valence-electron chi connectivity index (χ4n) is 1.04. The third-order valence-electron chi connectivity index (χ3n) is 1.58. The first-order chi connectivity index (χ1) is 6.60. The van der Waals surface area contributed by atoms with Crippen molar-refractivity contribution in [2.45, 2.75) is 52.0 Å². The van der Waals surface area contributed by atoms with Crippen molar-refractivity contribution < 1.29 is 22.5 Å². The molecule has 0 aliphatic carbocycles. The number of hydrogen-bond donors (Lipinski definition) is 0. The van der Waals surface area contributed by atoms with Gasteiger partial charge in [0.1, 0.15) is 5.60 Å². The van der Waals surface area contributed by atoms with Crippen LogP contribution in [0.2, 0.25) is 6.32 Å². The van der Waals surface area contributed by atoms with Crippen LogP contribution < -0.4 is 0 Å². The van der Waals surface area contributed by atoms with Crippen molar-refractivity contribution >= 4 is 12.9 Å². The molecule has 0 aromatic heterocycles. The SMILES string of the molecule is CC(C)(C)OC(=O)CCCC[B-](F)(F)F. The first-order valence-electron chi connectivity index (χ1n) is 5.03.